The van der Waals surface area contributed by atoms with Crippen LogP contribution in [0.3, 0.4) is 0 Å². The van der Waals surface area contributed by atoms with Crippen LogP contribution in [0.15, 0.2) is 30.5 Å². The van der Waals surface area contributed by atoms with Gasteiger partial charge in [0.2, 0.25) is 0 Å². The van der Waals surface area contributed by atoms with Crippen LogP contribution in [-0.4, -0.2) is 62.2 Å². The number of aromatic nitrogens is 1. The molecule has 1 aromatic heterocycles. The minimum absolute atomic E-state index is 0.241. The number of hydrogen-bond donors (Lipinski definition) is 2. The van der Waals surface area contributed by atoms with Gasteiger partial charge in [0.05, 0.1) is 33.4 Å². The Morgan fingerprint density at radius 3 is 2.63 bits per heavy atom. The number of nitrogens with one attached hydrogen (secondary N) is 2. The number of benzene rings is 1. The third-order valence-corrected chi connectivity index (χ3v) is 6.17. The van der Waals surface area contributed by atoms with E-state index in [1.165, 1.54) is 14.2 Å². The van der Waals surface area contributed by atoms with Gasteiger partial charge in [-0.3, -0.25) is 14.9 Å². The third-order valence-electron chi connectivity index (χ3n) is 6.17. The summed E-state index contributed by atoms with van der Waals surface area (Å²) < 4.78 is 21.3. The zero-order valence-corrected chi connectivity index (χ0v) is 17.3. The largest absolute Gasteiger partial charge is 0.469 e. The Hall–Kier alpha value is -2.42. The van der Waals surface area contributed by atoms with Gasteiger partial charge in [0.1, 0.15) is 5.54 Å². The van der Waals surface area contributed by atoms with E-state index in [-0.39, 0.29) is 24.3 Å². The highest BCUT2D eigenvalue weighted by Crippen LogP contribution is 2.37. The molecule has 3 atom stereocenters. The summed E-state index contributed by atoms with van der Waals surface area (Å²) in [5.41, 5.74) is 0.984. The molecule has 30 heavy (non-hydrogen) atoms. The Morgan fingerprint density at radius 1 is 1.13 bits per heavy atom. The molecule has 4 rings (SSSR count). The molecule has 2 fully saturated rings. The van der Waals surface area contributed by atoms with Crippen LogP contribution in [0.25, 0.3) is 10.9 Å². The highest BCUT2D eigenvalue weighted by Gasteiger charge is 2.53. The molecular formula is C22H28N2O6. The number of esters is 2. The van der Waals surface area contributed by atoms with Crippen LogP contribution < -0.4 is 5.32 Å². The van der Waals surface area contributed by atoms with Crippen LogP contribution in [-0.2, 0) is 35.0 Å². The van der Waals surface area contributed by atoms with Crippen molar-refractivity contribution in [3.05, 3.63) is 36.0 Å². The number of carbonyl (C=O) groups excluding carboxylic acids is 2. The molecule has 0 saturated carbocycles. The zero-order valence-electron chi connectivity index (χ0n) is 17.3. The van der Waals surface area contributed by atoms with Gasteiger partial charge in [-0.25, -0.2) is 0 Å². The van der Waals surface area contributed by atoms with Gasteiger partial charge in [-0.1, -0.05) is 18.2 Å². The van der Waals surface area contributed by atoms with Crippen LogP contribution >= 0.6 is 0 Å². The van der Waals surface area contributed by atoms with E-state index in [2.05, 4.69) is 10.3 Å². The highest BCUT2D eigenvalue weighted by molar-refractivity contribution is 5.88. The van der Waals surface area contributed by atoms with Gasteiger partial charge in [-0.15, -0.1) is 0 Å². The summed E-state index contributed by atoms with van der Waals surface area (Å²) in [6, 6.07) is 7.70. The first-order valence-corrected chi connectivity index (χ1v) is 10.3. The van der Waals surface area contributed by atoms with E-state index >= 15 is 0 Å². The summed E-state index contributed by atoms with van der Waals surface area (Å²) in [6.45, 7) is 1.16. The van der Waals surface area contributed by atoms with Gasteiger partial charge in [0, 0.05) is 29.6 Å². The second kappa shape index (κ2) is 8.75. The maximum Gasteiger partial charge on any atom is 0.326 e. The molecule has 0 aliphatic carbocycles. The molecule has 2 aliphatic rings. The van der Waals surface area contributed by atoms with E-state index < -0.39 is 11.5 Å². The van der Waals surface area contributed by atoms with E-state index in [0.717, 1.165) is 16.5 Å². The van der Waals surface area contributed by atoms with Crippen molar-refractivity contribution in [2.24, 2.45) is 5.92 Å². The topological polar surface area (TPSA) is 98.9 Å². The Labute approximate surface area is 175 Å². The van der Waals surface area contributed by atoms with Gasteiger partial charge in [-0.2, -0.15) is 0 Å². The first kappa shape index (κ1) is 20.8. The summed E-state index contributed by atoms with van der Waals surface area (Å²) >= 11 is 0. The summed E-state index contributed by atoms with van der Waals surface area (Å²) in [4.78, 5) is 28.8. The number of carbonyl (C=O) groups is 2. The number of hydrogen-bond acceptors (Lipinski definition) is 7. The van der Waals surface area contributed by atoms with Gasteiger partial charge >= 0.3 is 11.9 Å². The van der Waals surface area contributed by atoms with Crippen LogP contribution in [0.1, 0.15) is 24.8 Å². The third kappa shape index (κ3) is 3.95. The molecule has 2 aromatic rings. The van der Waals surface area contributed by atoms with Crippen molar-refractivity contribution in [2.75, 3.05) is 27.4 Å². The van der Waals surface area contributed by atoms with Crippen molar-refractivity contribution in [3.8, 4) is 0 Å². The first-order chi connectivity index (χ1) is 14.6. The van der Waals surface area contributed by atoms with Gasteiger partial charge in [0.25, 0.3) is 0 Å². The van der Waals surface area contributed by atoms with Crippen LogP contribution in [0.5, 0.6) is 0 Å². The molecule has 2 saturated heterocycles. The smallest absolute Gasteiger partial charge is 0.326 e. The molecule has 2 N–H and O–H groups in total. The molecule has 2 aliphatic heterocycles. The van der Waals surface area contributed by atoms with Gasteiger partial charge in [-0.05, 0) is 30.9 Å². The highest BCUT2D eigenvalue weighted by atomic mass is 16.7. The van der Waals surface area contributed by atoms with Crippen LogP contribution in [0.2, 0.25) is 0 Å². The SMILES string of the molecule is COC(=O)[C@H]1C[C@@](Cc2c[nH]c3ccccc23)(C(=O)OC)N[C@H]1CCC1OCCO1. The summed E-state index contributed by atoms with van der Waals surface area (Å²) in [5.74, 6) is -1.16. The lowest BCUT2D eigenvalue weighted by molar-refractivity contribution is -0.148. The average Bonchev–Trinajstić information content (AvgIpc) is 3.51. The monoisotopic (exact) mass is 416 g/mol. The lowest BCUT2D eigenvalue weighted by atomic mass is 9.85. The Balaban J connectivity index is 1.60. The standard InChI is InChI=1S/C22H28N2O6/c1-27-20(25)16-12-22(21(26)28-2,24-18(16)7-8-19-29-9-10-30-19)11-14-13-23-17-6-4-3-5-15(14)17/h3-6,13,16,18-19,23-24H,7-12H2,1-2H3/t16-,18-,22-/m0/s1. The van der Waals surface area contributed by atoms with Gasteiger partial charge < -0.3 is 23.9 Å². The summed E-state index contributed by atoms with van der Waals surface area (Å²) in [5, 5.41) is 4.50. The molecule has 0 spiro atoms. The van der Waals surface area contributed by atoms with E-state index in [4.69, 9.17) is 18.9 Å². The maximum atomic E-state index is 13.0. The number of para-hydroxylation sites is 1. The quantitative estimate of drug-likeness (QED) is 0.666. The Kier molecular flexibility index (Phi) is 6.08. The normalized spacial score (nSPS) is 26.9. The number of fused-ring (bicyclic) bond motifs is 1. The predicted molar refractivity (Wildman–Crippen MR) is 109 cm³/mol. The molecule has 1 aromatic carbocycles. The van der Waals surface area contributed by atoms with E-state index in [0.29, 0.717) is 38.9 Å². The molecule has 0 amide bonds. The molecule has 8 heteroatoms. The number of H-pyrrole nitrogens is 1. The second-order valence-electron chi connectivity index (χ2n) is 7.94. The molecule has 0 bridgehead atoms. The van der Waals surface area contributed by atoms with E-state index in [1.54, 1.807) is 0 Å². The fraction of sp³-hybridized carbons (Fsp3) is 0.545. The zero-order chi connectivity index (χ0) is 21.1. The second-order valence-corrected chi connectivity index (χ2v) is 7.94. The molecular weight excluding hydrogens is 388 g/mol. The fourth-order valence-electron chi connectivity index (χ4n) is 4.73. The maximum absolute atomic E-state index is 13.0. The van der Waals surface area contributed by atoms with Crippen molar-refractivity contribution in [1.82, 2.24) is 10.3 Å². The number of ether oxygens (including phenoxy) is 4. The van der Waals surface area contributed by atoms with Crippen molar-refractivity contribution >= 4 is 22.8 Å². The summed E-state index contributed by atoms with van der Waals surface area (Å²) in [6.07, 6.45) is 3.61. The molecule has 0 unspecified atom stereocenters. The molecule has 0 radical (unpaired) electrons. The first-order valence-electron chi connectivity index (χ1n) is 10.3. The Bertz CT molecular complexity index is 906. The molecule has 162 valence electrons. The summed E-state index contributed by atoms with van der Waals surface area (Å²) in [7, 11) is 2.75. The minimum atomic E-state index is -1.01. The lowest BCUT2D eigenvalue weighted by Gasteiger charge is -2.27. The van der Waals surface area contributed by atoms with Crippen LogP contribution in [0, 0.1) is 5.92 Å². The van der Waals surface area contributed by atoms with E-state index in [9.17, 15) is 9.59 Å². The van der Waals surface area contributed by atoms with Crippen molar-refractivity contribution in [1.29, 1.82) is 0 Å². The molecule has 3 heterocycles. The number of methoxy groups -OCH3 is 2. The van der Waals surface area contributed by atoms with Crippen molar-refractivity contribution < 1.29 is 28.5 Å². The number of rotatable bonds is 7. The predicted octanol–water partition coefficient (Wildman–Crippen LogP) is 1.93. The lowest BCUT2D eigenvalue weighted by Crippen LogP contribution is -2.52. The average molecular weight is 416 g/mol. The number of aromatic amines is 1. The van der Waals surface area contributed by atoms with Crippen molar-refractivity contribution in [2.45, 2.75) is 43.6 Å². The Morgan fingerprint density at radius 2 is 1.90 bits per heavy atom. The molecule has 8 nitrogen and oxygen atoms in total. The van der Waals surface area contributed by atoms with Gasteiger partial charge in [0.15, 0.2) is 6.29 Å². The van der Waals surface area contributed by atoms with Crippen molar-refractivity contribution in [3.63, 3.8) is 0 Å². The van der Waals surface area contributed by atoms with E-state index in [1.807, 2.05) is 30.5 Å². The fourth-order valence-corrected chi connectivity index (χ4v) is 4.73. The van der Waals surface area contributed by atoms with Crippen LogP contribution in [0.4, 0.5) is 0 Å². The minimum Gasteiger partial charge on any atom is -0.469 e.